The minimum Gasteiger partial charge on any atom is -0.457 e. The number of nitrogens with one attached hydrogen (secondary N) is 1. The lowest BCUT2D eigenvalue weighted by atomic mass is 10.1. The van der Waals surface area contributed by atoms with Gasteiger partial charge < -0.3 is 4.74 Å². The Kier molecular flexibility index (Phi) is 4.60. The van der Waals surface area contributed by atoms with Crippen molar-refractivity contribution in [1.82, 2.24) is 4.98 Å². The predicted octanol–water partition coefficient (Wildman–Crippen LogP) is 5.96. The van der Waals surface area contributed by atoms with Crippen LogP contribution in [0.3, 0.4) is 0 Å². The number of ether oxygens (including phenoxy) is 1. The molecule has 0 unspecified atom stereocenters. The largest absolute Gasteiger partial charge is 0.457 e. The Hall–Kier alpha value is -3.18. The molecule has 0 bridgehead atoms. The Morgan fingerprint density at radius 2 is 1.74 bits per heavy atom. The smallest absolute Gasteiger partial charge is 0.261 e. The number of anilines is 1. The average Bonchev–Trinajstić information content (AvgIpc) is 3.05. The molecule has 0 spiro atoms. The summed E-state index contributed by atoms with van der Waals surface area (Å²) in [4.78, 5) is 17.4. The van der Waals surface area contributed by atoms with Crippen LogP contribution in [-0.4, -0.2) is 10.9 Å². The summed E-state index contributed by atoms with van der Waals surface area (Å²) in [6.07, 6.45) is 0. The molecule has 0 saturated carbocycles. The maximum Gasteiger partial charge on any atom is 0.261 e. The number of nitrogens with zero attached hydrogens (tertiary/aromatic N) is 1. The Balaban J connectivity index is 1.61. The van der Waals surface area contributed by atoms with Gasteiger partial charge in [0.15, 0.2) is 5.13 Å². The molecule has 4 rings (SSSR count). The van der Waals surface area contributed by atoms with Crippen molar-refractivity contribution in [2.45, 2.75) is 13.8 Å². The van der Waals surface area contributed by atoms with E-state index in [1.165, 1.54) is 11.3 Å². The van der Waals surface area contributed by atoms with E-state index in [-0.39, 0.29) is 5.91 Å². The molecule has 0 aliphatic heterocycles. The average molecular weight is 374 g/mol. The van der Waals surface area contributed by atoms with Gasteiger partial charge in [0.25, 0.3) is 5.91 Å². The van der Waals surface area contributed by atoms with Gasteiger partial charge in [0.1, 0.15) is 11.5 Å². The van der Waals surface area contributed by atoms with Gasteiger partial charge in [0, 0.05) is 0 Å². The van der Waals surface area contributed by atoms with E-state index in [2.05, 4.69) is 23.3 Å². The molecule has 0 aliphatic rings. The molecule has 27 heavy (non-hydrogen) atoms. The van der Waals surface area contributed by atoms with Gasteiger partial charge in [-0.25, -0.2) is 4.98 Å². The second kappa shape index (κ2) is 7.21. The van der Waals surface area contributed by atoms with Gasteiger partial charge in [0.05, 0.1) is 15.8 Å². The van der Waals surface area contributed by atoms with Crippen molar-refractivity contribution in [2.75, 3.05) is 5.32 Å². The van der Waals surface area contributed by atoms with Gasteiger partial charge in [-0.2, -0.15) is 0 Å². The zero-order valence-corrected chi connectivity index (χ0v) is 15.8. The topological polar surface area (TPSA) is 51.2 Å². The normalized spacial score (nSPS) is 10.7. The highest BCUT2D eigenvalue weighted by molar-refractivity contribution is 7.22. The molecule has 0 fully saturated rings. The molecule has 0 saturated heterocycles. The summed E-state index contributed by atoms with van der Waals surface area (Å²) < 4.78 is 6.97. The zero-order valence-electron chi connectivity index (χ0n) is 15.0. The highest BCUT2D eigenvalue weighted by atomic mass is 32.1. The third kappa shape index (κ3) is 3.68. The van der Waals surface area contributed by atoms with Crippen LogP contribution in [-0.2, 0) is 0 Å². The molecule has 1 amide bonds. The van der Waals surface area contributed by atoms with Crippen LogP contribution in [0.1, 0.15) is 21.5 Å². The van der Waals surface area contributed by atoms with E-state index >= 15 is 0 Å². The number of benzene rings is 3. The Bertz CT molecular complexity index is 1120. The van der Waals surface area contributed by atoms with Crippen LogP contribution in [0.4, 0.5) is 5.13 Å². The molecule has 4 aromatic rings. The summed E-state index contributed by atoms with van der Waals surface area (Å²) in [6, 6.07) is 20.8. The number of fused-ring (bicyclic) bond motifs is 1. The van der Waals surface area contributed by atoms with Gasteiger partial charge in [-0.05, 0) is 55.3 Å². The van der Waals surface area contributed by atoms with Gasteiger partial charge >= 0.3 is 0 Å². The maximum atomic E-state index is 12.8. The van der Waals surface area contributed by atoms with Crippen molar-refractivity contribution in [3.05, 3.63) is 83.4 Å². The number of aryl methyl sites for hydroxylation is 2. The van der Waals surface area contributed by atoms with Crippen molar-refractivity contribution < 1.29 is 9.53 Å². The first kappa shape index (κ1) is 17.2. The molecule has 3 aromatic carbocycles. The fourth-order valence-electron chi connectivity index (χ4n) is 2.95. The van der Waals surface area contributed by atoms with Crippen molar-refractivity contribution in [1.29, 1.82) is 0 Å². The molecule has 0 radical (unpaired) electrons. The Morgan fingerprint density at radius 1 is 1.00 bits per heavy atom. The van der Waals surface area contributed by atoms with Crippen LogP contribution in [0.5, 0.6) is 11.5 Å². The van der Waals surface area contributed by atoms with E-state index < -0.39 is 0 Å². The van der Waals surface area contributed by atoms with Crippen LogP contribution in [0.15, 0.2) is 66.7 Å². The van der Waals surface area contributed by atoms with E-state index in [4.69, 9.17) is 4.74 Å². The van der Waals surface area contributed by atoms with Crippen molar-refractivity contribution in [2.24, 2.45) is 0 Å². The van der Waals surface area contributed by atoms with Crippen LogP contribution in [0.25, 0.3) is 10.2 Å². The standard InChI is InChI=1S/C22H18N2O2S/c1-14-12-15(2)20-18(13-14)23-22(27-20)24-21(25)17-10-6-7-11-19(17)26-16-8-4-3-5-9-16/h3-13H,1-2H3,(H,23,24,25). The summed E-state index contributed by atoms with van der Waals surface area (Å²) in [5, 5.41) is 3.49. The monoisotopic (exact) mass is 374 g/mol. The molecule has 1 N–H and O–H groups in total. The molecule has 5 heteroatoms. The number of carbonyl (C=O) groups excluding carboxylic acids is 1. The van der Waals surface area contributed by atoms with Gasteiger partial charge in [-0.15, -0.1) is 0 Å². The van der Waals surface area contributed by atoms with Gasteiger partial charge in [0.2, 0.25) is 0 Å². The number of hydrogen-bond donors (Lipinski definition) is 1. The van der Waals surface area contributed by atoms with Crippen LogP contribution in [0.2, 0.25) is 0 Å². The fraction of sp³-hybridized carbons (Fsp3) is 0.0909. The quantitative estimate of drug-likeness (QED) is 0.480. The number of rotatable bonds is 4. The number of amides is 1. The minimum absolute atomic E-state index is 0.241. The van der Waals surface area contributed by atoms with E-state index in [9.17, 15) is 4.79 Å². The van der Waals surface area contributed by atoms with Gasteiger partial charge in [-0.3, -0.25) is 10.1 Å². The summed E-state index contributed by atoms with van der Waals surface area (Å²) in [5.74, 6) is 0.952. The minimum atomic E-state index is -0.241. The molecule has 0 aliphatic carbocycles. The van der Waals surface area contributed by atoms with Crippen LogP contribution in [0, 0.1) is 13.8 Å². The van der Waals surface area contributed by atoms with Crippen molar-refractivity contribution in [3.63, 3.8) is 0 Å². The summed E-state index contributed by atoms with van der Waals surface area (Å²) in [6.45, 7) is 4.10. The number of para-hydroxylation sites is 2. The third-order valence-corrected chi connectivity index (χ3v) is 5.27. The number of hydrogen-bond acceptors (Lipinski definition) is 4. The van der Waals surface area contributed by atoms with Crippen LogP contribution < -0.4 is 10.1 Å². The second-order valence-electron chi connectivity index (χ2n) is 6.31. The zero-order chi connectivity index (χ0) is 18.8. The lowest BCUT2D eigenvalue weighted by Crippen LogP contribution is -2.12. The molecule has 1 heterocycles. The fourth-order valence-corrected chi connectivity index (χ4v) is 3.86. The van der Waals surface area contributed by atoms with Gasteiger partial charge in [-0.1, -0.05) is 47.7 Å². The molecular formula is C22H18N2O2S. The number of carbonyl (C=O) groups is 1. The van der Waals surface area contributed by atoms with Crippen LogP contribution >= 0.6 is 11.3 Å². The Morgan fingerprint density at radius 3 is 2.56 bits per heavy atom. The van der Waals surface area contributed by atoms with E-state index in [0.717, 1.165) is 21.3 Å². The lowest BCUT2D eigenvalue weighted by Gasteiger charge is -2.10. The first-order chi connectivity index (χ1) is 13.1. The SMILES string of the molecule is Cc1cc(C)c2sc(NC(=O)c3ccccc3Oc3ccccc3)nc2c1. The molecule has 134 valence electrons. The predicted molar refractivity (Wildman–Crippen MR) is 110 cm³/mol. The number of aromatic nitrogens is 1. The van der Waals surface area contributed by atoms with E-state index in [1.807, 2.05) is 55.5 Å². The maximum absolute atomic E-state index is 12.8. The van der Waals surface area contributed by atoms with E-state index in [1.54, 1.807) is 12.1 Å². The molecule has 1 aromatic heterocycles. The second-order valence-corrected chi connectivity index (χ2v) is 7.31. The highest BCUT2D eigenvalue weighted by Gasteiger charge is 2.15. The van der Waals surface area contributed by atoms with Crippen molar-refractivity contribution >= 4 is 32.6 Å². The van der Waals surface area contributed by atoms with Crippen molar-refractivity contribution in [3.8, 4) is 11.5 Å². The highest BCUT2D eigenvalue weighted by Crippen LogP contribution is 2.31. The molecule has 0 atom stereocenters. The first-order valence-corrected chi connectivity index (χ1v) is 9.43. The first-order valence-electron chi connectivity index (χ1n) is 8.61. The number of thiazole rings is 1. The molecular weight excluding hydrogens is 356 g/mol. The summed E-state index contributed by atoms with van der Waals surface area (Å²) >= 11 is 1.48. The van der Waals surface area contributed by atoms with E-state index in [0.29, 0.717) is 22.2 Å². The Labute approximate surface area is 161 Å². The molecule has 4 nitrogen and oxygen atoms in total. The summed E-state index contributed by atoms with van der Waals surface area (Å²) in [7, 11) is 0. The third-order valence-electron chi connectivity index (χ3n) is 4.14. The summed E-state index contributed by atoms with van der Waals surface area (Å²) in [5.41, 5.74) is 3.69. The lowest BCUT2D eigenvalue weighted by molar-refractivity contribution is 0.102.